The molecule has 3 fully saturated rings. The van der Waals surface area contributed by atoms with Crippen molar-refractivity contribution in [1.29, 1.82) is 0 Å². The molecule has 0 spiro atoms. The van der Waals surface area contributed by atoms with Crippen LogP contribution in [0.25, 0.3) is 0 Å². The number of nitrogens with zero attached hydrogens (tertiary/aromatic N) is 12. The number of aliphatic hydroxyl groups is 9. The van der Waals surface area contributed by atoms with Crippen molar-refractivity contribution in [3.05, 3.63) is 0 Å². The van der Waals surface area contributed by atoms with Crippen LogP contribution < -0.4 is 39.8 Å². The summed E-state index contributed by atoms with van der Waals surface area (Å²) in [4.78, 5) is 120. The maximum Gasteiger partial charge on any atom is 3.00 e. The predicted octanol–water partition coefficient (Wildman–Crippen LogP) is -17.9. The van der Waals surface area contributed by atoms with E-state index in [1.165, 1.54) is 0 Å². The zero-order valence-electron chi connectivity index (χ0n) is 55.3. The van der Waals surface area contributed by atoms with Crippen LogP contribution in [0.5, 0.6) is 0 Å². The van der Waals surface area contributed by atoms with Crippen LogP contribution in [0.2, 0.25) is 0 Å². The summed E-state index contributed by atoms with van der Waals surface area (Å²) >= 11 is 0. The molecule has 0 amide bonds. The first kappa shape index (κ1) is 103. The van der Waals surface area contributed by atoms with Crippen LogP contribution in [0.4, 0.5) is 0 Å². The van der Waals surface area contributed by atoms with Crippen molar-refractivity contribution in [2.45, 2.75) is 36.4 Å². The molecule has 1 radical (unpaired) electrons. The van der Waals surface area contributed by atoms with E-state index < -0.39 is 130 Å². The van der Waals surface area contributed by atoms with Crippen LogP contribution in [-0.4, -0.2) is 562 Å². The third kappa shape index (κ3) is 48.1. The summed E-state index contributed by atoms with van der Waals surface area (Å²) in [6.07, 6.45) is -3.68. The van der Waals surface area contributed by atoms with Crippen LogP contribution in [0, 0.1) is 39.9 Å². The molecule has 0 bridgehead atoms. The van der Waals surface area contributed by atoms with Gasteiger partial charge in [-0.1, -0.05) is 0 Å². The van der Waals surface area contributed by atoms with Crippen molar-refractivity contribution >= 4 is 129 Å². The van der Waals surface area contributed by atoms with Gasteiger partial charge in [0.2, 0.25) is 0 Å². The minimum Gasteiger partial charge on any atom is -0.549 e. The smallest absolute Gasteiger partial charge is 0.549 e. The number of carbonyl (C=O) groups excluding carboxylic acids is 2. The van der Waals surface area contributed by atoms with Gasteiger partial charge in [-0.2, -0.15) is 0 Å². The van der Waals surface area contributed by atoms with Crippen LogP contribution in [0.1, 0.15) is 0 Å². The molecule has 0 unspecified atom stereocenters. The first-order valence-corrected chi connectivity index (χ1v) is 30.3. The fourth-order valence-corrected chi connectivity index (χ4v) is 10.6. The summed E-state index contributed by atoms with van der Waals surface area (Å²) in [7, 11) is 0. The third-order valence-electron chi connectivity index (χ3n) is 15.7. The van der Waals surface area contributed by atoms with E-state index in [1.54, 1.807) is 58.8 Å². The zero-order chi connectivity index (χ0) is 70.2. The van der Waals surface area contributed by atoms with Gasteiger partial charge in [0.1, 0.15) is 0 Å². The number of rotatable bonds is 30. The van der Waals surface area contributed by atoms with Crippen LogP contribution >= 0.6 is 0 Å². The largest absolute Gasteiger partial charge is 3.00 e. The third-order valence-corrected chi connectivity index (χ3v) is 15.7. The Morgan fingerprint density at radius 1 is 0.258 bits per heavy atom. The molecule has 6 atom stereocenters. The Balaban J connectivity index is -0.000000655. The van der Waals surface area contributed by atoms with E-state index in [4.69, 9.17) is 15.3 Å². The minimum absolute atomic E-state index is 0. The summed E-state index contributed by atoms with van der Waals surface area (Å²) in [5.74, 6) is -9.85. The van der Waals surface area contributed by atoms with Gasteiger partial charge in [0, 0.05) is 170 Å². The number of aliphatic hydroxyl groups excluding tert-OH is 9. The molecule has 0 aromatic rings. The Bertz CT molecular complexity index is 1910. The van der Waals surface area contributed by atoms with Crippen LogP contribution in [-0.2, 0) is 43.2 Å². The number of hydrogen-bond donors (Lipinski definition) is 16. The second-order valence-corrected chi connectivity index (χ2v) is 22.6. The van der Waals surface area contributed by atoms with E-state index in [0.29, 0.717) is 0 Å². The molecule has 3 rings (SSSR count). The van der Waals surface area contributed by atoms with E-state index in [0.717, 1.165) is 0 Å². The molecular weight excluding hydrogens is 1510 g/mol. The van der Waals surface area contributed by atoms with Crippen molar-refractivity contribution in [2.24, 2.45) is 0 Å². The first-order chi connectivity index (χ1) is 44.0. The Morgan fingerprint density at radius 3 is 0.485 bits per heavy atom. The summed E-state index contributed by atoms with van der Waals surface area (Å²) in [5, 5.41) is 174. The summed E-state index contributed by atoms with van der Waals surface area (Å²) in [5.41, 5.74) is 0. The molecule has 3 saturated heterocycles. The quantitative estimate of drug-likeness (QED) is 0.0297. The maximum atomic E-state index is 11.2. The van der Waals surface area contributed by atoms with Gasteiger partial charge in [-0.3, -0.25) is 92.4 Å². The first-order valence-electron chi connectivity index (χ1n) is 30.3. The monoisotopic (exact) mass is 1610 g/mol. The number of hydrogen-bond acceptors (Lipinski definition) is 32. The molecule has 0 saturated carbocycles. The second kappa shape index (κ2) is 59.5. The Morgan fingerprint density at radius 2 is 0.381 bits per heavy atom. The zero-order valence-corrected chi connectivity index (χ0v) is 64.0. The average molecular weight is 1610 g/mol. The number of carboxylic acids is 9. The van der Waals surface area contributed by atoms with Crippen LogP contribution in [0.15, 0.2) is 0 Å². The number of aliphatic carboxylic acids is 9. The fraction of sp³-hybridized carbons (Fsp3) is 0.833. The van der Waals surface area contributed by atoms with Crippen molar-refractivity contribution in [3.63, 3.8) is 0 Å². The van der Waals surface area contributed by atoms with Crippen molar-refractivity contribution in [3.8, 4) is 0 Å². The summed E-state index contributed by atoms with van der Waals surface area (Å²) < 4.78 is 0. The number of carboxylic acid groups (broad SMARTS) is 9. The normalized spacial score (nSPS) is 20.1. The topological polar surface area (TPSA) is 562 Å². The molecule has 0 aromatic heterocycles. The molecule has 0 aromatic carbocycles. The van der Waals surface area contributed by atoms with Gasteiger partial charge >= 0.3 is 187 Å². The standard InChI is InChI=1S/3C18H34N4O9.2Ca.Gd.Na/c3*23-12-14(15(25)13-24)22-7-5-20(10-17(28)29)3-1-19(9-16(26)27)2-4-21(6-8-22)11-18(30)31;;;;/h3*14-15,23-25H,1-13H2,(H,26,27)(H,28,29)(H,30,31);;;;/q;;;2*+2;+3;+1/p-2/t3*14-,15-;;;;/m111..../s1. The van der Waals surface area contributed by atoms with Crippen LogP contribution in [0.3, 0.4) is 0 Å². The van der Waals surface area contributed by atoms with E-state index in [2.05, 4.69) is 0 Å². The van der Waals surface area contributed by atoms with Crippen molar-refractivity contribution in [1.82, 2.24) is 58.8 Å². The Labute approximate surface area is 677 Å². The molecule has 3 aliphatic rings. The molecular formula is C54H100Ca2GdN12NaO27+6. The van der Waals surface area contributed by atoms with Gasteiger partial charge in [-0.25, -0.2) is 0 Å². The van der Waals surface area contributed by atoms with Gasteiger partial charge in [0.25, 0.3) is 0 Å². The van der Waals surface area contributed by atoms with Gasteiger partial charge in [-0.15, -0.1) is 0 Å². The molecule has 0 aliphatic carbocycles. The average Bonchev–Trinajstić information content (AvgIpc) is 0.945. The summed E-state index contributed by atoms with van der Waals surface area (Å²) in [6.45, 7) is 0.491. The second-order valence-electron chi connectivity index (χ2n) is 22.6. The van der Waals surface area contributed by atoms with Gasteiger partial charge < -0.3 is 102 Å². The van der Waals surface area contributed by atoms with E-state index in [1.807, 2.05) is 0 Å². The molecule has 43 heteroatoms. The molecule has 97 heavy (non-hydrogen) atoms. The van der Waals surface area contributed by atoms with E-state index in [-0.39, 0.29) is 361 Å². The Kier molecular flexibility index (Phi) is 62.9. The maximum absolute atomic E-state index is 11.2. The van der Waals surface area contributed by atoms with Gasteiger partial charge in [-0.05, 0) is 0 Å². The SMILES string of the molecule is O=C(O)CN1CCN(CC(=O)O)CCN([C@H](CO)[C@H](O)CO)CCN(CC(=O)O)CC1.O=C([O-])CN1CCN(CC(=O)O)CCN(CC(=O)O)CCN([C@H](CO)[C@H](O)CO)CC1.O=C([O-])CN1CCN(CC(=O)O)CCN(CC(=O)O)CCN([C@H](CO)[C@H](O)CO)CC1.[Ca+2].[Ca+2].[Gd+3].[Na+]. The minimum atomic E-state index is -1.29. The number of carbonyl (C=O) groups is 9. The van der Waals surface area contributed by atoms with Crippen molar-refractivity contribution in [2.75, 3.05) is 256 Å². The van der Waals surface area contributed by atoms with Gasteiger partial charge in [0.15, 0.2) is 0 Å². The molecule has 3 heterocycles. The molecule has 39 nitrogen and oxygen atoms in total. The Hall–Kier alpha value is -0.766. The fourth-order valence-electron chi connectivity index (χ4n) is 10.6. The van der Waals surface area contributed by atoms with Crippen molar-refractivity contribution < 1.29 is 205 Å². The molecule has 3 aliphatic heterocycles. The van der Waals surface area contributed by atoms with E-state index >= 15 is 0 Å². The van der Waals surface area contributed by atoms with E-state index in [9.17, 15) is 120 Å². The van der Waals surface area contributed by atoms with Gasteiger partial charge in [0.05, 0.1) is 134 Å². The molecule has 16 N–H and O–H groups in total. The summed E-state index contributed by atoms with van der Waals surface area (Å²) in [6, 6.07) is -2.42. The predicted molar refractivity (Wildman–Crippen MR) is 330 cm³/mol. The molecule has 545 valence electrons.